The molecule has 4 aromatic rings. The zero-order chi connectivity index (χ0) is 26.9. The molecule has 0 unspecified atom stereocenters. The van der Waals surface area contributed by atoms with Gasteiger partial charge in [-0.25, -0.2) is 0 Å². The minimum atomic E-state index is -0.350. The number of carbonyl (C=O) groups is 2. The topological polar surface area (TPSA) is 80.3 Å². The van der Waals surface area contributed by atoms with Crippen molar-refractivity contribution in [2.24, 2.45) is 0 Å². The first-order valence-electron chi connectivity index (χ1n) is 12.2. The minimum Gasteiger partial charge on any atom is -0.466 e. The van der Waals surface area contributed by atoms with Crippen LogP contribution >= 0.6 is 23.2 Å². The molecule has 0 saturated heterocycles. The Labute approximate surface area is 232 Å². The first-order chi connectivity index (χ1) is 18.4. The number of ether oxygens (including phenoxy) is 1. The van der Waals surface area contributed by atoms with Gasteiger partial charge in [0.05, 0.1) is 13.0 Å². The van der Waals surface area contributed by atoms with Gasteiger partial charge >= 0.3 is 5.97 Å². The van der Waals surface area contributed by atoms with Crippen LogP contribution in [0, 0.1) is 0 Å². The molecule has 194 valence electrons. The maximum absolute atomic E-state index is 12.4. The van der Waals surface area contributed by atoms with E-state index in [1.54, 1.807) is 19.2 Å². The number of pyridine rings is 1. The second-order valence-electron chi connectivity index (χ2n) is 8.48. The number of benzene rings is 3. The Morgan fingerprint density at radius 2 is 1.50 bits per heavy atom. The Bertz CT molecular complexity index is 1390. The number of hydrogen-bond acceptors (Lipinski definition) is 5. The van der Waals surface area contributed by atoms with Gasteiger partial charge < -0.3 is 15.4 Å². The van der Waals surface area contributed by atoms with Crippen molar-refractivity contribution >= 4 is 40.8 Å². The predicted molar refractivity (Wildman–Crippen MR) is 152 cm³/mol. The van der Waals surface area contributed by atoms with Crippen LogP contribution in [0.5, 0.6) is 0 Å². The lowest BCUT2D eigenvalue weighted by Gasteiger charge is -2.13. The number of nitrogens with one attached hydrogen (secondary N) is 2. The normalized spacial score (nSPS) is 10.6. The van der Waals surface area contributed by atoms with Crippen LogP contribution in [0.1, 0.15) is 29.4 Å². The summed E-state index contributed by atoms with van der Waals surface area (Å²) in [4.78, 5) is 28.1. The number of nitrogens with zero attached hydrogens (tertiary/aromatic N) is 1. The van der Waals surface area contributed by atoms with Gasteiger partial charge in [0.1, 0.15) is 5.69 Å². The van der Waals surface area contributed by atoms with Gasteiger partial charge in [0.15, 0.2) is 0 Å². The quantitative estimate of drug-likeness (QED) is 0.208. The highest BCUT2D eigenvalue weighted by molar-refractivity contribution is 6.31. The SMILES string of the molecule is CCOC(=O)CCNC(=O)c1ccc(-c2ccc(Cl)cc2CNc2ccc(-c3ccc(Cl)cc3)cc2)cn1. The van der Waals surface area contributed by atoms with Crippen LogP contribution in [0.2, 0.25) is 10.0 Å². The van der Waals surface area contributed by atoms with Gasteiger partial charge in [-0.1, -0.05) is 59.6 Å². The lowest BCUT2D eigenvalue weighted by molar-refractivity contribution is -0.142. The molecule has 0 aliphatic carbocycles. The van der Waals surface area contributed by atoms with Gasteiger partial charge in [-0.3, -0.25) is 14.6 Å². The van der Waals surface area contributed by atoms with Gasteiger partial charge in [-0.05, 0) is 71.6 Å². The van der Waals surface area contributed by atoms with E-state index in [4.69, 9.17) is 27.9 Å². The largest absolute Gasteiger partial charge is 0.466 e. The Morgan fingerprint density at radius 3 is 2.16 bits per heavy atom. The van der Waals surface area contributed by atoms with E-state index in [0.29, 0.717) is 23.2 Å². The number of anilines is 1. The average Bonchev–Trinajstić information content (AvgIpc) is 2.93. The molecule has 6 nitrogen and oxygen atoms in total. The maximum atomic E-state index is 12.4. The molecule has 0 bridgehead atoms. The molecule has 3 aromatic carbocycles. The van der Waals surface area contributed by atoms with Crippen LogP contribution in [-0.4, -0.2) is 30.0 Å². The molecule has 1 amide bonds. The Balaban J connectivity index is 1.41. The van der Waals surface area contributed by atoms with Crippen molar-refractivity contribution in [3.8, 4) is 22.3 Å². The fourth-order valence-corrected chi connectivity index (χ4v) is 4.22. The molecule has 4 rings (SSSR count). The van der Waals surface area contributed by atoms with Crippen LogP contribution in [0.3, 0.4) is 0 Å². The van der Waals surface area contributed by atoms with Crippen molar-refractivity contribution < 1.29 is 14.3 Å². The number of halogens is 2. The third-order valence-corrected chi connectivity index (χ3v) is 6.33. The first-order valence-corrected chi connectivity index (χ1v) is 13.0. The molecule has 8 heteroatoms. The number of esters is 1. The molecule has 0 spiro atoms. The fraction of sp³-hybridized carbons (Fsp3) is 0.167. The van der Waals surface area contributed by atoms with Gasteiger partial charge in [0, 0.05) is 40.6 Å². The van der Waals surface area contributed by atoms with Gasteiger partial charge in [0.2, 0.25) is 0 Å². The standard InChI is InChI=1S/C30H27Cl2N3O3/c1-2-38-29(36)15-16-33-30(37)28-14-7-22(18-35-28)27-13-10-25(32)17-23(27)19-34-26-11-5-21(6-12-26)20-3-8-24(31)9-4-20/h3-14,17-18,34H,2,15-16,19H2,1H3,(H,33,37). The molecule has 0 radical (unpaired) electrons. The predicted octanol–water partition coefficient (Wildman–Crippen LogP) is 7.02. The van der Waals surface area contributed by atoms with E-state index in [9.17, 15) is 9.59 Å². The third kappa shape index (κ3) is 7.34. The summed E-state index contributed by atoms with van der Waals surface area (Å²) in [6, 6.07) is 25.1. The molecule has 1 heterocycles. The second-order valence-corrected chi connectivity index (χ2v) is 9.36. The molecule has 0 aliphatic rings. The zero-order valence-electron chi connectivity index (χ0n) is 20.8. The van der Waals surface area contributed by atoms with Crippen molar-refractivity contribution in [1.82, 2.24) is 10.3 Å². The minimum absolute atomic E-state index is 0.114. The first kappa shape index (κ1) is 27.2. The van der Waals surface area contributed by atoms with Crippen molar-refractivity contribution in [2.45, 2.75) is 19.9 Å². The number of hydrogen-bond donors (Lipinski definition) is 2. The van der Waals surface area contributed by atoms with E-state index >= 15 is 0 Å². The fourth-order valence-electron chi connectivity index (χ4n) is 3.90. The third-order valence-electron chi connectivity index (χ3n) is 5.84. The highest BCUT2D eigenvalue weighted by Gasteiger charge is 2.11. The van der Waals surface area contributed by atoms with Crippen molar-refractivity contribution in [3.63, 3.8) is 0 Å². The lowest BCUT2D eigenvalue weighted by atomic mass is 10.0. The molecule has 0 atom stereocenters. The molecule has 1 aromatic heterocycles. The summed E-state index contributed by atoms with van der Waals surface area (Å²) in [5.74, 6) is -0.696. The zero-order valence-corrected chi connectivity index (χ0v) is 22.4. The average molecular weight is 548 g/mol. The Hall–Kier alpha value is -3.87. The number of aromatic nitrogens is 1. The van der Waals surface area contributed by atoms with Gasteiger partial charge in [0.25, 0.3) is 5.91 Å². The summed E-state index contributed by atoms with van der Waals surface area (Å²) < 4.78 is 4.86. The van der Waals surface area contributed by atoms with E-state index in [0.717, 1.165) is 33.5 Å². The molecule has 2 N–H and O–H groups in total. The highest BCUT2D eigenvalue weighted by Crippen LogP contribution is 2.28. The van der Waals surface area contributed by atoms with Crippen LogP contribution < -0.4 is 10.6 Å². The molecular formula is C30H27Cl2N3O3. The van der Waals surface area contributed by atoms with Crippen molar-refractivity contribution in [1.29, 1.82) is 0 Å². The molecule has 38 heavy (non-hydrogen) atoms. The van der Waals surface area contributed by atoms with Crippen molar-refractivity contribution in [2.75, 3.05) is 18.5 Å². The van der Waals surface area contributed by atoms with Crippen LogP contribution in [0.15, 0.2) is 85.1 Å². The van der Waals surface area contributed by atoms with E-state index in [-0.39, 0.29) is 30.5 Å². The number of rotatable bonds is 10. The van der Waals surface area contributed by atoms with Gasteiger partial charge in [-0.15, -0.1) is 0 Å². The molecule has 0 saturated carbocycles. The Kier molecular flexibility index (Phi) is 9.35. The van der Waals surface area contributed by atoms with Gasteiger partial charge in [-0.2, -0.15) is 0 Å². The van der Waals surface area contributed by atoms with E-state index < -0.39 is 0 Å². The second kappa shape index (κ2) is 13.1. The Morgan fingerprint density at radius 1 is 0.842 bits per heavy atom. The number of carbonyl (C=O) groups excluding carboxylic acids is 2. The summed E-state index contributed by atoms with van der Waals surface area (Å²) in [5.41, 5.74) is 6.26. The number of amides is 1. The van der Waals surface area contributed by atoms with E-state index in [1.165, 1.54) is 0 Å². The van der Waals surface area contributed by atoms with E-state index in [2.05, 4.69) is 27.8 Å². The summed E-state index contributed by atoms with van der Waals surface area (Å²) in [6.07, 6.45) is 1.77. The summed E-state index contributed by atoms with van der Waals surface area (Å²) in [7, 11) is 0. The molecule has 0 aliphatic heterocycles. The molecular weight excluding hydrogens is 521 g/mol. The van der Waals surface area contributed by atoms with Crippen LogP contribution in [-0.2, 0) is 16.1 Å². The van der Waals surface area contributed by atoms with Crippen LogP contribution in [0.4, 0.5) is 5.69 Å². The monoisotopic (exact) mass is 547 g/mol. The van der Waals surface area contributed by atoms with Crippen LogP contribution in [0.25, 0.3) is 22.3 Å². The van der Waals surface area contributed by atoms with Crippen molar-refractivity contribution in [3.05, 3.63) is 106 Å². The summed E-state index contributed by atoms with van der Waals surface area (Å²) in [5, 5.41) is 7.49. The smallest absolute Gasteiger partial charge is 0.307 e. The summed E-state index contributed by atoms with van der Waals surface area (Å²) >= 11 is 12.3. The lowest BCUT2D eigenvalue weighted by Crippen LogP contribution is -2.27. The molecule has 0 fully saturated rings. The highest BCUT2D eigenvalue weighted by atomic mass is 35.5. The summed E-state index contributed by atoms with van der Waals surface area (Å²) in [6.45, 7) is 2.79. The van der Waals surface area contributed by atoms with E-state index in [1.807, 2.05) is 60.7 Å². The maximum Gasteiger partial charge on any atom is 0.307 e.